The van der Waals surface area contributed by atoms with Crippen molar-refractivity contribution in [1.29, 1.82) is 0 Å². The van der Waals surface area contributed by atoms with Crippen LogP contribution in [0.5, 0.6) is 0 Å². The number of anilines is 3. The zero-order valence-electron chi connectivity index (χ0n) is 29.3. The Balaban J connectivity index is 1.15. The first kappa shape index (κ1) is 28.6. The van der Waals surface area contributed by atoms with E-state index >= 15 is 0 Å². The maximum atomic E-state index is 6.37. The summed E-state index contributed by atoms with van der Waals surface area (Å²) in [5, 5.41) is 2.34. The normalized spacial score (nSPS) is 25.7. The van der Waals surface area contributed by atoms with Gasteiger partial charge in [0.1, 0.15) is 11.2 Å². The minimum atomic E-state index is -0.0875. The smallest absolute Gasteiger partial charge is 0.135 e. The lowest BCUT2D eigenvalue weighted by Crippen LogP contribution is -2.55. The van der Waals surface area contributed by atoms with Crippen LogP contribution in [0.3, 0.4) is 0 Å². The van der Waals surface area contributed by atoms with Crippen LogP contribution in [0.4, 0.5) is 17.1 Å². The molecule has 1 heterocycles. The van der Waals surface area contributed by atoms with E-state index in [0.29, 0.717) is 11.8 Å². The Hall–Kier alpha value is -5.08. The molecular weight excluding hydrogens is 619 g/mol. The first-order valence-electron chi connectivity index (χ1n) is 19.2. The summed E-state index contributed by atoms with van der Waals surface area (Å²) in [6.45, 7) is 4.80. The fraction of sp³-hybridized carbons (Fsp3) is 0.265. The van der Waals surface area contributed by atoms with Crippen molar-refractivity contribution in [3.8, 4) is 22.3 Å². The third-order valence-electron chi connectivity index (χ3n) is 14.2. The van der Waals surface area contributed by atoms with Crippen LogP contribution in [-0.2, 0) is 10.8 Å². The Kier molecular flexibility index (Phi) is 5.51. The van der Waals surface area contributed by atoms with Crippen LogP contribution < -0.4 is 4.90 Å². The van der Waals surface area contributed by atoms with Crippen LogP contribution >= 0.6 is 0 Å². The summed E-state index contributed by atoms with van der Waals surface area (Å²) in [6.07, 6.45) is 6.93. The average molecular weight is 660 g/mol. The number of para-hydroxylation sites is 1. The Morgan fingerprint density at radius 3 is 1.92 bits per heavy atom. The monoisotopic (exact) mass is 659 g/mol. The van der Waals surface area contributed by atoms with Gasteiger partial charge in [-0.1, -0.05) is 98.8 Å². The summed E-state index contributed by atoms with van der Waals surface area (Å²) in [4.78, 5) is 2.62. The van der Waals surface area contributed by atoms with Crippen molar-refractivity contribution >= 4 is 39.0 Å². The van der Waals surface area contributed by atoms with Crippen molar-refractivity contribution in [2.75, 3.05) is 4.90 Å². The molecule has 1 aromatic heterocycles. The number of furan rings is 1. The lowest BCUT2D eigenvalue weighted by atomic mass is 9.43. The second-order valence-electron chi connectivity index (χ2n) is 16.9. The Morgan fingerprint density at radius 1 is 0.510 bits per heavy atom. The predicted molar refractivity (Wildman–Crippen MR) is 209 cm³/mol. The maximum Gasteiger partial charge on any atom is 0.135 e. The highest BCUT2D eigenvalue weighted by Crippen LogP contribution is 2.71. The molecule has 2 heteroatoms. The molecule has 51 heavy (non-hydrogen) atoms. The first-order chi connectivity index (χ1) is 25.0. The molecule has 13 rings (SSSR count). The molecule has 0 amide bonds. The molecular formula is C49H41NO. The van der Waals surface area contributed by atoms with Gasteiger partial charge in [-0.3, -0.25) is 0 Å². The highest BCUT2D eigenvalue weighted by molar-refractivity contribution is 6.07. The van der Waals surface area contributed by atoms with Crippen LogP contribution in [0.25, 0.3) is 44.2 Å². The van der Waals surface area contributed by atoms with E-state index < -0.39 is 0 Å². The average Bonchev–Trinajstić information content (AvgIpc) is 3.75. The zero-order chi connectivity index (χ0) is 33.6. The van der Waals surface area contributed by atoms with Crippen LogP contribution in [-0.4, -0.2) is 0 Å². The quantitative estimate of drug-likeness (QED) is 0.188. The molecule has 6 aromatic carbocycles. The van der Waals surface area contributed by atoms with Gasteiger partial charge in [-0.05, 0) is 143 Å². The lowest BCUT2D eigenvalue weighted by molar-refractivity contribution is -0.0397. The molecule has 0 atom stereocenters. The van der Waals surface area contributed by atoms with E-state index in [-0.39, 0.29) is 10.8 Å². The molecule has 0 aliphatic heterocycles. The molecule has 2 nitrogen and oxygen atoms in total. The fourth-order valence-electron chi connectivity index (χ4n) is 12.5. The van der Waals surface area contributed by atoms with Crippen LogP contribution in [0.1, 0.15) is 68.2 Å². The fourth-order valence-corrected chi connectivity index (χ4v) is 12.5. The number of rotatable bonds is 3. The second kappa shape index (κ2) is 9.82. The van der Waals surface area contributed by atoms with E-state index in [4.69, 9.17) is 4.42 Å². The molecule has 0 radical (unpaired) electrons. The van der Waals surface area contributed by atoms with Crippen LogP contribution in [0.2, 0.25) is 0 Å². The van der Waals surface area contributed by atoms with E-state index in [1.807, 2.05) is 0 Å². The van der Waals surface area contributed by atoms with E-state index in [1.54, 1.807) is 11.1 Å². The number of nitrogens with zero attached hydrogens (tertiary/aromatic N) is 1. The van der Waals surface area contributed by atoms with Gasteiger partial charge in [0.25, 0.3) is 0 Å². The van der Waals surface area contributed by atoms with Crippen molar-refractivity contribution in [3.05, 3.63) is 150 Å². The molecule has 4 fully saturated rings. The second-order valence-corrected chi connectivity index (χ2v) is 16.9. The molecule has 6 aliphatic carbocycles. The van der Waals surface area contributed by atoms with Gasteiger partial charge in [0.15, 0.2) is 0 Å². The molecule has 4 bridgehead atoms. The van der Waals surface area contributed by atoms with Gasteiger partial charge in [0.05, 0.1) is 5.69 Å². The van der Waals surface area contributed by atoms with E-state index in [9.17, 15) is 0 Å². The standard InChI is InChI=1S/C49H41NO/c1-48(2)41-14-6-3-10-35(41)37-20-18-34(28-43(37)48)50(33-19-21-46-40(27-33)38-12-5-8-17-45(38)51-46)44-16-9-13-39-36-11-4-7-15-42(36)49(47(39)44)31-23-29-22-30(25-31)26-32(49)24-29/h3-21,27-32H,22-26H2,1-2H3. The maximum absolute atomic E-state index is 6.37. The topological polar surface area (TPSA) is 16.4 Å². The van der Waals surface area contributed by atoms with Gasteiger partial charge in [-0.25, -0.2) is 0 Å². The molecule has 0 saturated heterocycles. The highest BCUT2D eigenvalue weighted by Gasteiger charge is 2.62. The Morgan fingerprint density at radius 2 is 1.12 bits per heavy atom. The van der Waals surface area contributed by atoms with E-state index in [0.717, 1.165) is 23.0 Å². The van der Waals surface area contributed by atoms with Gasteiger partial charge < -0.3 is 9.32 Å². The number of hydrogen-bond acceptors (Lipinski definition) is 2. The Labute approximate surface area is 299 Å². The molecule has 1 spiro atoms. The summed E-state index contributed by atoms with van der Waals surface area (Å²) in [5.41, 5.74) is 17.2. The highest BCUT2D eigenvalue weighted by atomic mass is 16.3. The number of fused-ring (bicyclic) bond motifs is 9. The van der Waals surface area contributed by atoms with E-state index in [2.05, 4.69) is 146 Å². The van der Waals surface area contributed by atoms with Crippen LogP contribution in [0.15, 0.2) is 132 Å². The van der Waals surface area contributed by atoms with E-state index in [1.165, 1.54) is 93.3 Å². The molecule has 0 N–H and O–H groups in total. The van der Waals surface area contributed by atoms with Gasteiger partial charge >= 0.3 is 0 Å². The number of hydrogen-bond donors (Lipinski definition) is 0. The summed E-state index contributed by atoms with van der Waals surface area (Å²) in [6, 6.07) is 48.4. The van der Waals surface area contributed by atoms with Crippen LogP contribution in [0, 0.1) is 23.7 Å². The SMILES string of the molecule is CC1(C)c2ccccc2-c2ccc(N(c3ccc4oc5ccccc5c4c3)c3cccc4c3C3(c5ccccc5-4)C4CC5CC(C4)CC3C5)cc21. The lowest BCUT2D eigenvalue weighted by Gasteiger charge is -2.61. The summed E-state index contributed by atoms with van der Waals surface area (Å²) in [7, 11) is 0. The van der Waals surface area contributed by atoms with Crippen molar-refractivity contribution in [2.24, 2.45) is 23.7 Å². The van der Waals surface area contributed by atoms with Crippen molar-refractivity contribution in [2.45, 2.75) is 56.8 Å². The molecule has 248 valence electrons. The summed E-state index contributed by atoms with van der Waals surface area (Å²) >= 11 is 0. The van der Waals surface area contributed by atoms with Crippen molar-refractivity contribution in [3.63, 3.8) is 0 Å². The molecule has 0 unspecified atom stereocenters. The molecule has 6 aliphatic rings. The largest absolute Gasteiger partial charge is 0.456 e. The minimum Gasteiger partial charge on any atom is -0.456 e. The van der Waals surface area contributed by atoms with Gasteiger partial charge in [-0.15, -0.1) is 0 Å². The first-order valence-corrected chi connectivity index (χ1v) is 19.2. The number of benzene rings is 6. The zero-order valence-corrected chi connectivity index (χ0v) is 29.3. The van der Waals surface area contributed by atoms with Gasteiger partial charge in [-0.2, -0.15) is 0 Å². The minimum absolute atomic E-state index is 0.0485. The van der Waals surface area contributed by atoms with Crippen molar-refractivity contribution < 1.29 is 4.42 Å². The third-order valence-corrected chi connectivity index (χ3v) is 14.2. The van der Waals surface area contributed by atoms with Crippen molar-refractivity contribution in [1.82, 2.24) is 0 Å². The van der Waals surface area contributed by atoms with Gasteiger partial charge in [0, 0.05) is 33.0 Å². The molecule has 4 saturated carbocycles. The van der Waals surface area contributed by atoms with Gasteiger partial charge in [0.2, 0.25) is 0 Å². The summed E-state index contributed by atoms with van der Waals surface area (Å²) < 4.78 is 6.37. The predicted octanol–water partition coefficient (Wildman–Crippen LogP) is 13.1. The molecule has 7 aromatic rings. The summed E-state index contributed by atoms with van der Waals surface area (Å²) in [5.74, 6) is 3.17. The Bertz CT molecular complexity index is 2570. The third kappa shape index (κ3) is 3.59.